The quantitative estimate of drug-likeness (QED) is 0.182. The first-order chi connectivity index (χ1) is 17.4. The van der Waals surface area contributed by atoms with E-state index >= 15 is 0 Å². The fourth-order valence-electron chi connectivity index (χ4n) is 3.51. The van der Waals surface area contributed by atoms with Gasteiger partial charge in [-0.05, 0) is 33.7 Å². The minimum atomic E-state index is -1.25. The van der Waals surface area contributed by atoms with Gasteiger partial charge in [-0.1, -0.05) is 60.7 Å². The van der Waals surface area contributed by atoms with Gasteiger partial charge in [0.05, 0.1) is 26.6 Å². The number of ether oxygens (including phenoxy) is 2. The maximum Gasteiger partial charge on any atom is 0.472 e. The number of benzene rings is 4. The van der Waals surface area contributed by atoms with Crippen molar-refractivity contribution in [3.63, 3.8) is 0 Å². The summed E-state index contributed by atoms with van der Waals surface area (Å²) in [6, 6.07) is 23.8. The largest absolute Gasteiger partial charge is 0.496 e. The van der Waals surface area contributed by atoms with Gasteiger partial charge in [0.15, 0.2) is 0 Å². The Balaban J connectivity index is 0.000000840. The van der Waals surface area contributed by atoms with E-state index in [9.17, 15) is 0 Å². The molecule has 11 heteroatoms. The van der Waals surface area contributed by atoms with Gasteiger partial charge < -0.3 is 15.2 Å². The van der Waals surface area contributed by atoms with E-state index in [1.54, 1.807) is 26.6 Å². The summed E-state index contributed by atoms with van der Waals surface area (Å²) in [6.45, 7) is 0. The van der Waals surface area contributed by atoms with Crippen molar-refractivity contribution >= 4 is 39.9 Å². The lowest BCUT2D eigenvalue weighted by Crippen LogP contribution is -2.26. The average molecular weight is 490 g/mol. The van der Waals surface area contributed by atoms with Crippen LogP contribution >= 0.6 is 0 Å². The Bertz CT molecular complexity index is 1450. The van der Waals surface area contributed by atoms with Gasteiger partial charge in [0.2, 0.25) is 5.96 Å². The summed E-state index contributed by atoms with van der Waals surface area (Å²) in [5.74, 6) is 1.47. The SMILES string of the molecule is COc1ccc2ccccc2c1/C=N/N=C(\N)N/N=C/c1c(OC)ccc2ccccc12.O=[N+](O)O. The van der Waals surface area contributed by atoms with Gasteiger partial charge in [-0.15, -0.1) is 5.10 Å². The van der Waals surface area contributed by atoms with Crippen molar-refractivity contribution in [2.45, 2.75) is 0 Å². The fraction of sp³-hybridized carbons (Fsp3) is 0.0800. The van der Waals surface area contributed by atoms with E-state index in [4.69, 9.17) is 30.5 Å². The molecule has 4 rings (SSSR count). The Labute approximate surface area is 206 Å². The van der Waals surface area contributed by atoms with Crippen molar-refractivity contribution in [1.29, 1.82) is 0 Å². The molecule has 0 aliphatic heterocycles. The molecule has 0 fully saturated rings. The summed E-state index contributed by atoms with van der Waals surface area (Å²) in [6.07, 6.45) is 3.27. The van der Waals surface area contributed by atoms with Crippen LogP contribution in [0.25, 0.3) is 21.5 Å². The number of rotatable bonds is 6. The molecule has 0 radical (unpaired) electrons. The highest BCUT2D eigenvalue weighted by atomic mass is 16.9. The molecule has 36 heavy (non-hydrogen) atoms. The highest BCUT2D eigenvalue weighted by molar-refractivity contribution is 6.03. The predicted molar refractivity (Wildman–Crippen MR) is 138 cm³/mol. The number of methoxy groups -OCH3 is 2. The monoisotopic (exact) mass is 489 g/mol. The third-order valence-corrected chi connectivity index (χ3v) is 5.03. The molecule has 0 aromatic heterocycles. The first-order valence-corrected chi connectivity index (χ1v) is 10.6. The number of hydrogen-bond donors (Lipinski definition) is 4. The molecule has 4 aromatic carbocycles. The summed E-state index contributed by atoms with van der Waals surface area (Å²) >= 11 is 0. The molecule has 0 saturated heterocycles. The van der Waals surface area contributed by atoms with Crippen LogP contribution in [0.3, 0.4) is 0 Å². The van der Waals surface area contributed by atoms with E-state index in [0.717, 1.165) is 32.7 Å². The van der Waals surface area contributed by atoms with Gasteiger partial charge in [0.25, 0.3) is 0 Å². The molecule has 0 heterocycles. The number of guanidine groups is 1. The van der Waals surface area contributed by atoms with E-state index in [0.29, 0.717) is 11.5 Å². The van der Waals surface area contributed by atoms with Crippen LogP contribution in [-0.4, -0.2) is 48.1 Å². The van der Waals surface area contributed by atoms with Crippen LogP contribution in [0.5, 0.6) is 11.5 Å². The molecule has 184 valence electrons. The normalized spacial score (nSPS) is 11.4. The summed E-state index contributed by atoms with van der Waals surface area (Å²) in [7, 11) is 3.25. The topological polar surface area (TPSA) is 154 Å². The highest BCUT2D eigenvalue weighted by Gasteiger charge is 2.07. The molecule has 0 bridgehead atoms. The molecule has 4 aromatic rings. The van der Waals surface area contributed by atoms with E-state index in [1.165, 1.54) is 0 Å². The minimum Gasteiger partial charge on any atom is -0.496 e. The minimum absolute atomic E-state index is 0.0518. The first-order valence-electron chi connectivity index (χ1n) is 10.6. The highest BCUT2D eigenvalue weighted by Crippen LogP contribution is 2.27. The second kappa shape index (κ2) is 12.3. The van der Waals surface area contributed by atoms with Gasteiger partial charge in [0, 0.05) is 11.1 Å². The van der Waals surface area contributed by atoms with E-state index < -0.39 is 5.09 Å². The standard InChI is InChI=1S/C25H23N5O2.H2NO3/c1-31-23-13-11-17-7-3-5-9-19(17)21(23)15-27-29-25(26)30-28-16-22-20-10-6-4-8-18(20)12-14-24(22)32-2;2-1(3)4/h3-16H,1-2H3,(H3,26,29,30);(H2,2,3,4)/q;+1/b27-15+,28-16+;. The van der Waals surface area contributed by atoms with Gasteiger partial charge in [0.1, 0.15) is 16.4 Å². The third kappa shape index (κ3) is 6.44. The molecule has 11 nitrogen and oxygen atoms in total. The van der Waals surface area contributed by atoms with Crippen LogP contribution in [0.2, 0.25) is 0 Å². The summed E-state index contributed by atoms with van der Waals surface area (Å²) in [4.78, 5) is 8.47. The van der Waals surface area contributed by atoms with Crippen molar-refractivity contribution in [1.82, 2.24) is 5.43 Å². The van der Waals surface area contributed by atoms with Crippen molar-refractivity contribution in [2.24, 2.45) is 21.0 Å². The van der Waals surface area contributed by atoms with Crippen molar-refractivity contribution in [3.05, 3.63) is 88.8 Å². The molecule has 0 unspecified atom stereocenters. The second-order valence-electron chi connectivity index (χ2n) is 7.16. The van der Waals surface area contributed by atoms with Gasteiger partial charge in [-0.3, -0.25) is 0 Å². The van der Waals surface area contributed by atoms with Crippen molar-refractivity contribution in [3.8, 4) is 11.5 Å². The molecule has 0 amide bonds. The number of nitrogens with two attached hydrogens (primary N) is 1. The number of nitrogens with zero attached hydrogens (tertiary/aromatic N) is 4. The Hall–Kier alpha value is -5.19. The summed E-state index contributed by atoms with van der Waals surface area (Å²) < 4.78 is 10.9. The van der Waals surface area contributed by atoms with Gasteiger partial charge in [-0.25, -0.2) is 15.8 Å². The van der Waals surface area contributed by atoms with E-state index in [2.05, 4.69) is 20.7 Å². The Morgan fingerprint density at radius 3 is 1.81 bits per heavy atom. The number of hydrogen-bond acceptors (Lipinski definition) is 6. The lowest BCUT2D eigenvalue weighted by molar-refractivity contribution is -0.969. The number of hydrazone groups is 1. The van der Waals surface area contributed by atoms with Crippen LogP contribution in [0.4, 0.5) is 0 Å². The molecule has 0 aliphatic carbocycles. The Kier molecular flexibility index (Phi) is 8.71. The lowest BCUT2D eigenvalue weighted by Gasteiger charge is -2.08. The van der Waals surface area contributed by atoms with Crippen LogP contribution < -0.4 is 20.6 Å². The van der Waals surface area contributed by atoms with Gasteiger partial charge >= 0.3 is 5.09 Å². The molecule has 0 atom stereocenters. The van der Waals surface area contributed by atoms with Crippen LogP contribution in [0, 0.1) is 4.91 Å². The van der Waals surface area contributed by atoms with Crippen LogP contribution in [0.15, 0.2) is 88.1 Å². The molecular formula is C25H25N6O5+. The zero-order chi connectivity index (χ0) is 25.9. The van der Waals surface area contributed by atoms with Crippen molar-refractivity contribution in [2.75, 3.05) is 14.2 Å². The van der Waals surface area contributed by atoms with E-state index in [1.807, 2.05) is 72.8 Å². The van der Waals surface area contributed by atoms with Crippen LogP contribution in [-0.2, 0) is 0 Å². The third-order valence-electron chi connectivity index (χ3n) is 5.03. The predicted octanol–water partition coefficient (Wildman–Crippen LogP) is 3.83. The Morgan fingerprint density at radius 1 is 0.833 bits per heavy atom. The maximum absolute atomic E-state index is 8.47. The zero-order valence-corrected chi connectivity index (χ0v) is 19.6. The fourth-order valence-corrected chi connectivity index (χ4v) is 3.51. The molecular weight excluding hydrogens is 464 g/mol. The number of fused-ring (bicyclic) bond motifs is 2. The number of nitrogens with one attached hydrogen (secondary N) is 1. The molecule has 0 aliphatic rings. The smallest absolute Gasteiger partial charge is 0.472 e. The first kappa shape index (κ1) is 25.4. The van der Waals surface area contributed by atoms with Crippen LogP contribution in [0.1, 0.15) is 11.1 Å². The summed E-state index contributed by atoms with van der Waals surface area (Å²) in [5, 5.41) is 29.0. The molecule has 5 N–H and O–H groups in total. The van der Waals surface area contributed by atoms with E-state index in [-0.39, 0.29) is 5.96 Å². The maximum atomic E-state index is 8.47. The lowest BCUT2D eigenvalue weighted by atomic mass is 10.0. The summed E-state index contributed by atoms with van der Waals surface area (Å²) in [5.41, 5.74) is 10.3. The average Bonchev–Trinajstić information content (AvgIpc) is 2.88. The van der Waals surface area contributed by atoms with Crippen molar-refractivity contribution < 1.29 is 25.0 Å². The zero-order valence-electron chi connectivity index (χ0n) is 19.6. The molecule has 0 saturated carbocycles. The second-order valence-corrected chi connectivity index (χ2v) is 7.16. The Morgan fingerprint density at radius 2 is 1.31 bits per heavy atom. The molecule has 0 spiro atoms. The van der Waals surface area contributed by atoms with Gasteiger partial charge in [-0.2, -0.15) is 10.2 Å².